The predicted octanol–water partition coefficient (Wildman–Crippen LogP) is 2.31. The molecule has 21 heavy (non-hydrogen) atoms. The second kappa shape index (κ2) is 6.06. The molecule has 0 bridgehead atoms. The molecule has 1 saturated carbocycles. The van der Waals surface area contributed by atoms with Crippen LogP contribution < -0.4 is 4.74 Å². The van der Waals surface area contributed by atoms with Crippen molar-refractivity contribution in [1.82, 2.24) is 9.80 Å². The Bertz CT molecular complexity index is 513. The first-order valence-corrected chi connectivity index (χ1v) is 7.80. The van der Waals surface area contributed by atoms with Gasteiger partial charge in [0.15, 0.2) is 0 Å². The zero-order chi connectivity index (χ0) is 14.8. The average Bonchev–Trinajstić information content (AvgIpc) is 3.31. The second-order valence-electron chi connectivity index (χ2n) is 6.23. The maximum Gasteiger partial charge on any atom is 0.222 e. The molecular formula is C17H24N2O2. The molecule has 0 radical (unpaired) electrons. The lowest BCUT2D eigenvalue weighted by Crippen LogP contribution is -2.49. The van der Waals surface area contributed by atoms with Crippen molar-refractivity contribution in [2.24, 2.45) is 5.92 Å². The van der Waals surface area contributed by atoms with E-state index in [-0.39, 0.29) is 6.04 Å². The Labute approximate surface area is 126 Å². The molecule has 1 unspecified atom stereocenters. The van der Waals surface area contributed by atoms with E-state index in [4.69, 9.17) is 4.74 Å². The Hall–Kier alpha value is -1.55. The number of para-hydroxylation sites is 1. The van der Waals surface area contributed by atoms with Gasteiger partial charge in [0.1, 0.15) is 5.75 Å². The van der Waals surface area contributed by atoms with Gasteiger partial charge in [-0.25, -0.2) is 0 Å². The van der Waals surface area contributed by atoms with Crippen molar-refractivity contribution in [2.45, 2.75) is 25.3 Å². The van der Waals surface area contributed by atoms with Crippen molar-refractivity contribution in [3.8, 4) is 5.75 Å². The van der Waals surface area contributed by atoms with Crippen LogP contribution in [0.1, 0.15) is 30.9 Å². The number of methoxy groups -OCH3 is 1. The Morgan fingerprint density at radius 3 is 2.76 bits per heavy atom. The van der Waals surface area contributed by atoms with E-state index >= 15 is 0 Å². The number of ether oxygens (including phenoxy) is 1. The molecule has 0 spiro atoms. The highest BCUT2D eigenvalue weighted by Gasteiger charge is 2.32. The lowest BCUT2D eigenvalue weighted by atomic mass is 10.0. The molecule has 1 saturated heterocycles. The van der Waals surface area contributed by atoms with Crippen LogP contribution in [0.4, 0.5) is 0 Å². The van der Waals surface area contributed by atoms with Crippen LogP contribution in [0.25, 0.3) is 0 Å². The maximum atomic E-state index is 12.4. The van der Waals surface area contributed by atoms with Gasteiger partial charge in [0.05, 0.1) is 13.2 Å². The van der Waals surface area contributed by atoms with Gasteiger partial charge in [0.25, 0.3) is 0 Å². The lowest BCUT2D eigenvalue weighted by molar-refractivity contribution is -0.134. The van der Waals surface area contributed by atoms with Crippen LogP contribution in [0.5, 0.6) is 5.75 Å². The summed E-state index contributed by atoms with van der Waals surface area (Å²) in [6.45, 7) is 2.52. The number of carbonyl (C=O) groups is 1. The van der Waals surface area contributed by atoms with E-state index in [1.54, 1.807) is 7.11 Å². The number of rotatable bonds is 4. The van der Waals surface area contributed by atoms with Gasteiger partial charge in [0.2, 0.25) is 5.91 Å². The zero-order valence-electron chi connectivity index (χ0n) is 12.9. The monoisotopic (exact) mass is 288 g/mol. The van der Waals surface area contributed by atoms with Gasteiger partial charge in [-0.15, -0.1) is 0 Å². The summed E-state index contributed by atoms with van der Waals surface area (Å²) in [7, 11) is 3.83. The van der Waals surface area contributed by atoms with E-state index < -0.39 is 0 Å². The van der Waals surface area contributed by atoms with Crippen LogP contribution in [0, 0.1) is 5.92 Å². The van der Waals surface area contributed by atoms with Gasteiger partial charge in [-0.05, 0) is 31.9 Å². The van der Waals surface area contributed by atoms with E-state index in [1.807, 2.05) is 23.1 Å². The first kappa shape index (κ1) is 14.4. The van der Waals surface area contributed by atoms with E-state index in [0.29, 0.717) is 11.8 Å². The average molecular weight is 288 g/mol. The number of benzene rings is 1. The SMILES string of the molecule is COc1ccccc1C1CN(C(=O)CC2CC2)CCN1C. The molecule has 1 heterocycles. The van der Waals surface area contributed by atoms with Crippen molar-refractivity contribution in [3.63, 3.8) is 0 Å². The summed E-state index contributed by atoms with van der Waals surface area (Å²) >= 11 is 0. The number of likely N-dealkylation sites (N-methyl/N-ethyl adjacent to an activating group) is 1. The fourth-order valence-electron chi connectivity index (χ4n) is 3.08. The van der Waals surface area contributed by atoms with Crippen molar-refractivity contribution in [2.75, 3.05) is 33.8 Å². The van der Waals surface area contributed by atoms with E-state index in [1.165, 1.54) is 18.4 Å². The standard InChI is InChI=1S/C17H24N2O2/c1-18-9-10-19(17(20)11-13-7-8-13)12-15(18)14-5-3-4-6-16(14)21-2/h3-6,13,15H,7-12H2,1-2H3. The molecule has 1 aromatic carbocycles. The van der Waals surface area contributed by atoms with Crippen LogP contribution >= 0.6 is 0 Å². The molecule has 0 aromatic heterocycles. The first-order chi connectivity index (χ1) is 10.2. The number of hydrogen-bond donors (Lipinski definition) is 0. The molecule has 4 heteroatoms. The Morgan fingerprint density at radius 2 is 2.05 bits per heavy atom. The molecule has 2 aliphatic rings. The Balaban J connectivity index is 1.74. The zero-order valence-corrected chi connectivity index (χ0v) is 12.9. The second-order valence-corrected chi connectivity index (χ2v) is 6.23. The highest BCUT2D eigenvalue weighted by Crippen LogP contribution is 2.35. The van der Waals surface area contributed by atoms with Crippen molar-refractivity contribution in [3.05, 3.63) is 29.8 Å². The molecule has 1 amide bonds. The number of carbonyl (C=O) groups excluding carboxylic acids is 1. The fourth-order valence-corrected chi connectivity index (χ4v) is 3.08. The van der Waals surface area contributed by atoms with Gasteiger partial charge < -0.3 is 9.64 Å². The fraction of sp³-hybridized carbons (Fsp3) is 0.588. The molecule has 1 atom stereocenters. The van der Waals surface area contributed by atoms with Gasteiger partial charge >= 0.3 is 0 Å². The highest BCUT2D eigenvalue weighted by atomic mass is 16.5. The topological polar surface area (TPSA) is 32.8 Å². The van der Waals surface area contributed by atoms with E-state index in [0.717, 1.165) is 31.8 Å². The Kier molecular flexibility index (Phi) is 4.15. The number of nitrogens with zero attached hydrogens (tertiary/aromatic N) is 2. The molecule has 1 aliphatic carbocycles. The van der Waals surface area contributed by atoms with Crippen molar-refractivity contribution in [1.29, 1.82) is 0 Å². The molecule has 0 N–H and O–H groups in total. The molecule has 1 aliphatic heterocycles. The highest BCUT2D eigenvalue weighted by molar-refractivity contribution is 5.77. The summed E-state index contributed by atoms with van der Waals surface area (Å²) < 4.78 is 5.49. The van der Waals surface area contributed by atoms with Gasteiger partial charge in [-0.1, -0.05) is 18.2 Å². The third-order valence-electron chi connectivity index (χ3n) is 4.66. The quantitative estimate of drug-likeness (QED) is 0.852. The van der Waals surface area contributed by atoms with E-state index in [9.17, 15) is 4.79 Å². The normalized spacial score (nSPS) is 23.1. The van der Waals surface area contributed by atoms with Gasteiger partial charge in [-0.3, -0.25) is 9.69 Å². The lowest BCUT2D eigenvalue weighted by Gasteiger charge is -2.40. The third kappa shape index (κ3) is 3.21. The molecule has 114 valence electrons. The number of amides is 1. The van der Waals surface area contributed by atoms with Crippen LogP contribution in [0.3, 0.4) is 0 Å². The maximum absolute atomic E-state index is 12.4. The molecule has 2 fully saturated rings. The minimum atomic E-state index is 0.220. The summed E-state index contributed by atoms with van der Waals surface area (Å²) in [6.07, 6.45) is 3.20. The summed E-state index contributed by atoms with van der Waals surface area (Å²) in [5.41, 5.74) is 1.17. The van der Waals surface area contributed by atoms with Crippen LogP contribution in [0.2, 0.25) is 0 Å². The first-order valence-electron chi connectivity index (χ1n) is 7.80. The molecule has 3 rings (SSSR count). The van der Waals surface area contributed by atoms with E-state index in [2.05, 4.69) is 18.0 Å². The van der Waals surface area contributed by atoms with Crippen LogP contribution in [-0.4, -0.2) is 49.5 Å². The minimum Gasteiger partial charge on any atom is -0.496 e. The summed E-state index contributed by atoms with van der Waals surface area (Å²) in [5, 5.41) is 0. The molecule has 4 nitrogen and oxygen atoms in total. The third-order valence-corrected chi connectivity index (χ3v) is 4.66. The van der Waals surface area contributed by atoms with Crippen LogP contribution in [-0.2, 0) is 4.79 Å². The minimum absolute atomic E-state index is 0.220. The Morgan fingerprint density at radius 1 is 1.29 bits per heavy atom. The molecular weight excluding hydrogens is 264 g/mol. The van der Waals surface area contributed by atoms with Crippen LogP contribution in [0.15, 0.2) is 24.3 Å². The van der Waals surface area contributed by atoms with Crippen molar-refractivity contribution < 1.29 is 9.53 Å². The smallest absolute Gasteiger partial charge is 0.222 e. The number of piperazine rings is 1. The molecule has 1 aromatic rings. The largest absolute Gasteiger partial charge is 0.496 e. The van der Waals surface area contributed by atoms with Crippen molar-refractivity contribution >= 4 is 5.91 Å². The number of hydrogen-bond acceptors (Lipinski definition) is 3. The summed E-state index contributed by atoms with van der Waals surface area (Å²) in [4.78, 5) is 16.7. The summed E-state index contributed by atoms with van der Waals surface area (Å²) in [5.74, 6) is 1.89. The predicted molar refractivity (Wildman–Crippen MR) is 82.3 cm³/mol. The van der Waals surface area contributed by atoms with Gasteiger partial charge in [-0.2, -0.15) is 0 Å². The van der Waals surface area contributed by atoms with Gasteiger partial charge in [0, 0.05) is 31.6 Å². The summed E-state index contributed by atoms with van der Waals surface area (Å²) in [6, 6.07) is 8.35.